The van der Waals surface area contributed by atoms with E-state index in [9.17, 15) is 0 Å². The Morgan fingerprint density at radius 1 is 1.24 bits per heavy atom. The summed E-state index contributed by atoms with van der Waals surface area (Å²) < 4.78 is 6.03. The SMILES string of the molecule is C=C1C(c2ccccc2)COC(C(C)C)C1C. The molecule has 0 radical (unpaired) electrons. The molecule has 1 saturated heterocycles. The second-order valence-electron chi connectivity index (χ2n) is 5.37. The van der Waals surface area contributed by atoms with E-state index in [2.05, 4.69) is 57.7 Å². The van der Waals surface area contributed by atoms with Crippen LogP contribution in [-0.4, -0.2) is 12.7 Å². The van der Waals surface area contributed by atoms with Crippen LogP contribution in [0.2, 0.25) is 0 Å². The zero-order valence-corrected chi connectivity index (χ0v) is 11.0. The summed E-state index contributed by atoms with van der Waals surface area (Å²) in [4.78, 5) is 0. The van der Waals surface area contributed by atoms with E-state index in [0.717, 1.165) is 6.61 Å². The van der Waals surface area contributed by atoms with E-state index in [1.165, 1.54) is 11.1 Å². The van der Waals surface area contributed by atoms with E-state index in [4.69, 9.17) is 4.74 Å². The van der Waals surface area contributed by atoms with Gasteiger partial charge in [0, 0.05) is 11.8 Å². The van der Waals surface area contributed by atoms with Crippen LogP contribution in [0.1, 0.15) is 32.3 Å². The normalized spacial score (nSPS) is 29.6. The Bertz CT molecular complexity index is 380. The molecule has 0 spiro atoms. The summed E-state index contributed by atoms with van der Waals surface area (Å²) in [5.74, 6) is 1.36. The first-order chi connectivity index (χ1) is 8.11. The fourth-order valence-corrected chi connectivity index (χ4v) is 2.75. The standard InChI is InChI=1S/C16H22O/c1-11(2)16-13(4)12(3)15(10-17-16)14-8-6-5-7-9-14/h5-9,11,13,15-16H,3,10H2,1-2,4H3. The van der Waals surface area contributed by atoms with Crippen molar-refractivity contribution in [1.29, 1.82) is 0 Å². The van der Waals surface area contributed by atoms with Gasteiger partial charge >= 0.3 is 0 Å². The Labute approximate surface area is 104 Å². The van der Waals surface area contributed by atoms with Gasteiger partial charge in [0.2, 0.25) is 0 Å². The highest BCUT2D eigenvalue weighted by Crippen LogP contribution is 2.38. The molecule has 1 aromatic rings. The summed E-state index contributed by atoms with van der Waals surface area (Å²) in [5, 5.41) is 0. The third-order valence-electron chi connectivity index (χ3n) is 3.84. The summed E-state index contributed by atoms with van der Waals surface area (Å²) in [6.45, 7) is 11.8. The lowest BCUT2D eigenvalue weighted by molar-refractivity contribution is -0.0316. The number of hydrogen-bond acceptors (Lipinski definition) is 1. The molecule has 1 heteroatoms. The number of rotatable bonds is 2. The number of hydrogen-bond donors (Lipinski definition) is 0. The molecule has 0 N–H and O–H groups in total. The van der Waals surface area contributed by atoms with Crippen LogP contribution >= 0.6 is 0 Å². The van der Waals surface area contributed by atoms with Crippen LogP contribution in [0.25, 0.3) is 0 Å². The van der Waals surface area contributed by atoms with Gasteiger partial charge in [0.25, 0.3) is 0 Å². The van der Waals surface area contributed by atoms with E-state index in [1.54, 1.807) is 0 Å². The van der Waals surface area contributed by atoms with Crippen molar-refractivity contribution in [2.24, 2.45) is 11.8 Å². The molecule has 1 nitrogen and oxygen atoms in total. The topological polar surface area (TPSA) is 9.23 Å². The van der Waals surface area contributed by atoms with Crippen molar-refractivity contribution in [3.8, 4) is 0 Å². The third-order valence-corrected chi connectivity index (χ3v) is 3.84. The number of benzene rings is 1. The van der Waals surface area contributed by atoms with Gasteiger partial charge in [-0.3, -0.25) is 0 Å². The van der Waals surface area contributed by atoms with E-state index in [-0.39, 0.29) is 0 Å². The minimum Gasteiger partial charge on any atom is -0.376 e. The maximum atomic E-state index is 6.03. The maximum Gasteiger partial charge on any atom is 0.0661 e. The predicted molar refractivity (Wildman–Crippen MR) is 72.1 cm³/mol. The average molecular weight is 230 g/mol. The van der Waals surface area contributed by atoms with E-state index in [1.807, 2.05) is 0 Å². The first kappa shape index (κ1) is 12.4. The largest absolute Gasteiger partial charge is 0.376 e. The molecule has 92 valence electrons. The van der Waals surface area contributed by atoms with Gasteiger partial charge in [-0.1, -0.05) is 63.3 Å². The van der Waals surface area contributed by atoms with Crippen molar-refractivity contribution in [3.63, 3.8) is 0 Å². The summed E-state index contributed by atoms with van der Waals surface area (Å²) in [6.07, 6.45) is 0.322. The Morgan fingerprint density at radius 2 is 1.88 bits per heavy atom. The highest BCUT2D eigenvalue weighted by molar-refractivity contribution is 5.30. The first-order valence-corrected chi connectivity index (χ1v) is 6.46. The molecule has 1 aromatic carbocycles. The molecular formula is C16H22O. The monoisotopic (exact) mass is 230 g/mol. The molecule has 0 amide bonds. The lowest BCUT2D eigenvalue weighted by Gasteiger charge is -2.39. The fraction of sp³-hybridized carbons (Fsp3) is 0.500. The van der Waals surface area contributed by atoms with Gasteiger partial charge in [0.1, 0.15) is 0 Å². The zero-order chi connectivity index (χ0) is 12.4. The van der Waals surface area contributed by atoms with Crippen molar-refractivity contribution in [2.75, 3.05) is 6.61 Å². The number of ether oxygens (including phenoxy) is 1. The Kier molecular flexibility index (Phi) is 3.68. The second-order valence-corrected chi connectivity index (χ2v) is 5.37. The van der Waals surface area contributed by atoms with Crippen LogP contribution in [0, 0.1) is 11.8 Å². The molecule has 1 heterocycles. The van der Waals surface area contributed by atoms with Gasteiger partial charge < -0.3 is 4.74 Å². The van der Waals surface area contributed by atoms with Gasteiger partial charge in [-0.15, -0.1) is 0 Å². The molecule has 0 saturated carbocycles. The van der Waals surface area contributed by atoms with Crippen molar-refractivity contribution in [3.05, 3.63) is 48.0 Å². The summed E-state index contributed by atoms with van der Waals surface area (Å²) in [7, 11) is 0. The lowest BCUT2D eigenvalue weighted by atomic mass is 9.78. The molecule has 17 heavy (non-hydrogen) atoms. The molecule has 1 aliphatic rings. The molecule has 0 aromatic heterocycles. The van der Waals surface area contributed by atoms with Crippen LogP contribution in [0.3, 0.4) is 0 Å². The smallest absolute Gasteiger partial charge is 0.0661 e. The van der Waals surface area contributed by atoms with Crippen LogP contribution in [-0.2, 0) is 4.74 Å². The Hall–Kier alpha value is -1.08. The van der Waals surface area contributed by atoms with Gasteiger partial charge in [-0.05, 0) is 11.5 Å². The molecule has 2 rings (SSSR count). The van der Waals surface area contributed by atoms with Crippen molar-refractivity contribution in [1.82, 2.24) is 0 Å². The summed E-state index contributed by atoms with van der Waals surface area (Å²) in [5.41, 5.74) is 2.65. The van der Waals surface area contributed by atoms with Crippen LogP contribution in [0.15, 0.2) is 42.5 Å². The fourth-order valence-electron chi connectivity index (χ4n) is 2.75. The average Bonchev–Trinajstić information content (AvgIpc) is 2.33. The lowest BCUT2D eigenvalue weighted by Crippen LogP contribution is -2.37. The maximum absolute atomic E-state index is 6.03. The second kappa shape index (κ2) is 5.05. The van der Waals surface area contributed by atoms with Gasteiger partial charge in [-0.2, -0.15) is 0 Å². The highest BCUT2D eigenvalue weighted by atomic mass is 16.5. The minimum atomic E-state index is 0.322. The first-order valence-electron chi connectivity index (χ1n) is 6.46. The highest BCUT2D eigenvalue weighted by Gasteiger charge is 2.33. The third kappa shape index (κ3) is 2.44. The van der Waals surface area contributed by atoms with E-state index in [0.29, 0.717) is 23.9 Å². The van der Waals surface area contributed by atoms with Crippen molar-refractivity contribution >= 4 is 0 Å². The van der Waals surface area contributed by atoms with Crippen LogP contribution < -0.4 is 0 Å². The molecule has 3 unspecified atom stereocenters. The molecule has 1 fully saturated rings. The zero-order valence-electron chi connectivity index (χ0n) is 11.0. The molecule has 0 aliphatic carbocycles. The summed E-state index contributed by atoms with van der Waals surface area (Å²) >= 11 is 0. The molecule has 0 bridgehead atoms. The minimum absolute atomic E-state index is 0.322. The van der Waals surface area contributed by atoms with Gasteiger partial charge in [-0.25, -0.2) is 0 Å². The van der Waals surface area contributed by atoms with Gasteiger partial charge in [0.05, 0.1) is 12.7 Å². The quantitative estimate of drug-likeness (QED) is 0.697. The Morgan fingerprint density at radius 3 is 2.47 bits per heavy atom. The van der Waals surface area contributed by atoms with Crippen molar-refractivity contribution in [2.45, 2.75) is 32.8 Å². The van der Waals surface area contributed by atoms with E-state index >= 15 is 0 Å². The molecule has 3 atom stereocenters. The van der Waals surface area contributed by atoms with Crippen LogP contribution in [0.5, 0.6) is 0 Å². The van der Waals surface area contributed by atoms with E-state index < -0.39 is 0 Å². The van der Waals surface area contributed by atoms with Gasteiger partial charge in [0.15, 0.2) is 0 Å². The van der Waals surface area contributed by atoms with Crippen molar-refractivity contribution < 1.29 is 4.74 Å². The molecular weight excluding hydrogens is 208 g/mol. The molecule has 1 aliphatic heterocycles. The summed E-state index contributed by atoms with van der Waals surface area (Å²) in [6, 6.07) is 10.6. The predicted octanol–water partition coefficient (Wildman–Crippen LogP) is 4.02. The van der Waals surface area contributed by atoms with Crippen LogP contribution in [0.4, 0.5) is 0 Å². The Balaban J connectivity index is 2.17.